The molecule has 0 aromatic carbocycles. The minimum Gasteiger partial charge on any atom is -0.377 e. The van der Waals surface area contributed by atoms with Crippen LogP contribution in [0, 0.1) is 0 Å². The van der Waals surface area contributed by atoms with Crippen molar-refractivity contribution in [1.29, 1.82) is 0 Å². The summed E-state index contributed by atoms with van der Waals surface area (Å²) in [6.07, 6.45) is 0. The Hall–Kier alpha value is -0.760. The van der Waals surface area contributed by atoms with Gasteiger partial charge < -0.3 is 9.26 Å². The Bertz CT molecular complexity index is 529. The maximum atomic E-state index is 5.25. The van der Waals surface area contributed by atoms with Gasteiger partial charge in [0.1, 0.15) is 6.61 Å². The number of hydrogen-bond donors (Lipinski definition) is 0. The van der Waals surface area contributed by atoms with Crippen molar-refractivity contribution >= 4 is 27.3 Å². The van der Waals surface area contributed by atoms with Gasteiger partial charge in [-0.05, 0) is 42.0 Å². The second-order valence-corrected chi connectivity index (χ2v) is 6.83. The number of ether oxygens (including phenoxy) is 1. The summed E-state index contributed by atoms with van der Waals surface area (Å²) in [7, 11) is 3.65. The van der Waals surface area contributed by atoms with Gasteiger partial charge in [0, 0.05) is 18.5 Å². The molecule has 2 aromatic rings. The lowest BCUT2D eigenvalue weighted by molar-refractivity contribution is 0.173. The Morgan fingerprint density at radius 2 is 2.32 bits per heavy atom. The third kappa shape index (κ3) is 3.85. The Balaban J connectivity index is 1.99. The van der Waals surface area contributed by atoms with E-state index in [4.69, 9.17) is 9.26 Å². The van der Waals surface area contributed by atoms with Crippen LogP contribution in [0.1, 0.15) is 29.6 Å². The van der Waals surface area contributed by atoms with Crippen molar-refractivity contribution in [3.63, 3.8) is 0 Å². The quantitative estimate of drug-likeness (QED) is 0.804. The molecule has 0 radical (unpaired) electrons. The van der Waals surface area contributed by atoms with E-state index in [1.165, 1.54) is 4.88 Å². The Kier molecular flexibility index (Phi) is 5.09. The molecule has 2 aromatic heterocycles. The van der Waals surface area contributed by atoms with E-state index < -0.39 is 0 Å². The minimum atomic E-state index is 0.0685. The SMILES string of the molecule is COCc1noc([C@H](C)N(C)Cc2ccc(Br)s2)n1. The molecule has 0 fully saturated rings. The normalized spacial score (nSPS) is 13.1. The number of rotatable bonds is 6. The largest absolute Gasteiger partial charge is 0.377 e. The zero-order valence-corrected chi connectivity index (χ0v) is 13.5. The van der Waals surface area contributed by atoms with Gasteiger partial charge in [0.25, 0.3) is 0 Å². The molecule has 0 saturated carbocycles. The Morgan fingerprint density at radius 1 is 1.53 bits per heavy atom. The summed E-state index contributed by atoms with van der Waals surface area (Å²) in [5.74, 6) is 1.20. The van der Waals surface area contributed by atoms with Gasteiger partial charge in [-0.3, -0.25) is 4.90 Å². The van der Waals surface area contributed by atoms with Gasteiger partial charge >= 0.3 is 0 Å². The van der Waals surface area contributed by atoms with E-state index in [0.29, 0.717) is 18.3 Å². The molecule has 104 valence electrons. The number of thiophene rings is 1. The summed E-state index contributed by atoms with van der Waals surface area (Å²) in [5.41, 5.74) is 0. The van der Waals surface area contributed by atoms with Crippen LogP contribution in [0.5, 0.6) is 0 Å². The van der Waals surface area contributed by atoms with E-state index in [-0.39, 0.29) is 6.04 Å². The van der Waals surface area contributed by atoms with Gasteiger partial charge in [0.2, 0.25) is 5.89 Å². The molecule has 2 heterocycles. The molecule has 7 heteroatoms. The number of aromatic nitrogens is 2. The Labute approximate surface area is 124 Å². The summed E-state index contributed by atoms with van der Waals surface area (Å²) >= 11 is 5.20. The monoisotopic (exact) mass is 345 g/mol. The first-order valence-corrected chi connectivity index (χ1v) is 7.47. The molecular weight excluding hydrogens is 330 g/mol. The van der Waals surface area contributed by atoms with Crippen LogP contribution in [-0.2, 0) is 17.9 Å². The van der Waals surface area contributed by atoms with Crippen molar-refractivity contribution in [2.45, 2.75) is 26.1 Å². The fraction of sp³-hybridized carbons (Fsp3) is 0.500. The molecular formula is C12H16BrN3O2S. The number of methoxy groups -OCH3 is 1. The van der Waals surface area contributed by atoms with Crippen LogP contribution in [0.15, 0.2) is 20.4 Å². The van der Waals surface area contributed by atoms with Crippen molar-refractivity contribution in [2.75, 3.05) is 14.2 Å². The smallest absolute Gasteiger partial charge is 0.243 e. The molecule has 0 bridgehead atoms. The van der Waals surface area contributed by atoms with Crippen molar-refractivity contribution in [1.82, 2.24) is 15.0 Å². The van der Waals surface area contributed by atoms with E-state index in [1.807, 2.05) is 14.0 Å². The molecule has 0 aliphatic carbocycles. The molecule has 0 saturated heterocycles. The maximum Gasteiger partial charge on any atom is 0.243 e. The third-order valence-corrected chi connectivity index (χ3v) is 4.42. The van der Waals surface area contributed by atoms with Crippen LogP contribution in [0.2, 0.25) is 0 Å². The lowest BCUT2D eigenvalue weighted by atomic mass is 10.3. The fourth-order valence-corrected chi connectivity index (χ4v) is 3.18. The highest BCUT2D eigenvalue weighted by atomic mass is 79.9. The first-order chi connectivity index (χ1) is 9.10. The van der Waals surface area contributed by atoms with Crippen molar-refractivity contribution in [3.05, 3.63) is 32.5 Å². The molecule has 5 nitrogen and oxygen atoms in total. The van der Waals surface area contributed by atoms with Gasteiger partial charge in [-0.25, -0.2) is 0 Å². The van der Waals surface area contributed by atoms with Crippen LogP contribution in [0.25, 0.3) is 0 Å². The van der Waals surface area contributed by atoms with Crippen LogP contribution >= 0.6 is 27.3 Å². The fourth-order valence-electron chi connectivity index (χ4n) is 1.63. The zero-order chi connectivity index (χ0) is 13.8. The van der Waals surface area contributed by atoms with E-state index in [2.05, 4.69) is 43.1 Å². The van der Waals surface area contributed by atoms with Gasteiger partial charge in [-0.1, -0.05) is 5.16 Å². The molecule has 2 rings (SSSR count). The second-order valence-electron chi connectivity index (χ2n) is 4.28. The standard InChI is InChI=1S/C12H16BrN3O2S/c1-8(12-14-11(7-17-3)15-18-12)16(2)6-9-4-5-10(13)19-9/h4-5,8H,6-7H2,1-3H3/t8-/m0/s1. The van der Waals surface area contributed by atoms with E-state index >= 15 is 0 Å². The highest BCUT2D eigenvalue weighted by Crippen LogP contribution is 2.26. The summed E-state index contributed by atoms with van der Waals surface area (Å²) < 4.78 is 11.4. The van der Waals surface area contributed by atoms with Crippen LogP contribution in [0.3, 0.4) is 0 Å². The molecule has 0 aliphatic heterocycles. The van der Waals surface area contributed by atoms with Crippen LogP contribution < -0.4 is 0 Å². The second kappa shape index (κ2) is 6.60. The van der Waals surface area contributed by atoms with Crippen molar-refractivity contribution < 1.29 is 9.26 Å². The zero-order valence-electron chi connectivity index (χ0n) is 11.1. The first kappa shape index (κ1) is 14.6. The summed E-state index contributed by atoms with van der Waals surface area (Å²) in [6, 6.07) is 4.24. The van der Waals surface area contributed by atoms with Gasteiger partial charge in [0.05, 0.1) is 9.83 Å². The Morgan fingerprint density at radius 3 is 2.95 bits per heavy atom. The lowest BCUT2D eigenvalue weighted by Gasteiger charge is -2.20. The molecule has 1 atom stereocenters. The molecule has 0 amide bonds. The third-order valence-electron chi connectivity index (χ3n) is 2.81. The van der Waals surface area contributed by atoms with Gasteiger partial charge in [-0.2, -0.15) is 4.98 Å². The number of halogens is 1. The van der Waals surface area contributed by atoms with Crippen LogP contribution in [-0.4, -0.2) is 29.2 Å². The van der Waals surface area contributed by atoms with E-state index in [1.54, 1.807) is 18.4 Å². The van der Waals surface area contributed by atoms with Gasteiger partial charge in [0.15, 0.2) is 5.82 Å². The predicted molar refractivity (Wildman–Crippen MR) is 76.9 cm³/mol. The van der Waals surface area contributed by atoms with E-state index in [9.17, 15) is 0 Å². The lowest BCUT2D eigenvalue weighted by Crippen LogP contribution is -2.21. The average Bonchev–Trinajstić information content (AvgIpc) is 2.98. The average molecular weight is 346 g/mol. The minimum absolute atomic E-state index is 0.0685. The van der Waals surface area contributed by atoms with Gasteiger partial charge in [-0.15, -0.1) is 11.3 Å². The van der Waals surface area contributed by atoms with Crippen LogP contribution in [0.4, 0.5) is 0 Å². The molecule has 0 unspecified atom stereocenters. The summed E-state index contributed by atoms with van der Waals surface area (Å²) in [5, 5.41) is 3.88. The number of nitrogens with zero attached hydrogens (tertiary/aromatic N) is 3. The molecule has 19 heavy (non-hydrogen) atoms. The topological polar surface area (TPSA) is 51.4 Å². The predicted octanol–water partition coefficient (Wildman–Crippen LogP) is 3.23. The summed E-state index contributed by atoms with van der Waals surface area (Å²) in [4.78, 5) is 7.78. The van der Waals surface area contributed by atoms with Crippen molar-refractivity contribution in [2.24, 2.45) is 0 Å². The first-order valence-electron chi connectivity index (χ1n) is 5.86. The highest BCUT2D eigenvalue weighted by Gasteiger charge is 2.19. The maximum absolute atomic E-state index is 5.25. The number of hydrogen-bond acceptors (Lipinski definition) is 6. The summed E-state index contributed by atoms with van der Waals surface area (Å²) in [6.45, 7) is 3.27. The molecule has 0 aliphatic rings. The van der Waals surface area contributed by atoms with Crippen molar-refractivity contribution in [3.8, 4) is 0 Å². The molecule has 0 spiro atoms. The van der Waals surface area contributed by atoms with E-state index in [0.717, 1.165) is 10.3 Å². The molecule has 0 N–H and O–H groups in total. The highest BCUT2D eigenvalue weighted by molar-refractivity contribution is 9.11.